The largest absolute Gasteiger partial charge is 0.465 e. The highest BCUT2D eigenvalue weighted by atomic mass is 16.5. The van der Waals surface area contributed by atoms with E-state index in [1.807, 2.05) is 19.9 Å². The average Bonchev–Trinajstić information content (AvgIpc) is 2.59. The van der Waals surface area contributed by atoms with E-state index in [0.717, 1.165) is 34.5 Å². The van der Waals surface area contributed by atoms with Crippen molar-refractivity contribution < 1.29 is 19.4 Å². The first-order chi connectivity index (χ1) is 12.2. The maximum Gasteiger partial charge on any atom is 0.340 e. The Morgan fingerprint density at radius 1 is 1.42 bits per heavy atom. The number of fused-ring (bicyclic) bond motifs is 1. The molecule has 1 aromatic rings. The van der Waals surface area contributed by atoms with Crippen molar-refractivity contribution in [1.82, 2.24) is 4.98 Å². The van der Waals surface area contributed by atoms with Crippen molar-refractivity contribution in [2.45, 2.75) is 59.0 Å². The minimum atomic E-state index is -0.635. The van der Waals surface area contributed by atoms with Crippen molar-refractivity contribution in [3.05, 3.63) is 34.2 Å². The molecule has 0 fully saturated rings. The third kappa shape index (κ3) is 3.42. The molecule has 26 heavy (non-hydrogen) atoms. The number of aromatic nitrogens is 1. The Hall–Kier alpha value is -1.72. The molecule has 1 N–H and O–H groups in total. The third-order valence-electron chi connectivity index (χ3n) is 5.29. The number of esters is 1. The van der Waals surface area contributed by atoms with E-state index >= 15 is 0 Å². The lowest BCUT2D eigenvalue weighted by molar-refractivity contribution is 0.0596. The van der Waals surface area contributed by atoms with Crippen LogP contribution in [0.2, 0.25) is 0 Å². The third-order valence-corrected chi connectivity index (χ3v) is 5.29. The maximum atomic E-state index is 12.7. The zero-order valence-corrected chi connectivity index (χ0v) is 16.4. The topological polar surface area (TPSA) is 68.7 Å². The zero-order valence-electron chi connectivity index (χ0n) is 16.4. The molecule has 1 aliphatic carbocycles. The Morgan fingerprint density at radius 3 is 2.73 bits per heavy atom. The van der Waals surface area contributed by atoms with Crippen LogP contribution in [-0.4, -0.2) is 36.4 Å². The summed E-state index contributed by atoms with van der Waals surface area (Å²) in [5.74, 6) is -0.306. The Balaban J connectivity index is 2.35. The molecule has 1 aromatic heterocycles. The normalized spacial score (nSPS) is 22.0. The summed E-state index contributed by atoms with van der Waals surface area (Å²) in [6.07, 6.45) is 3.54. The fourth-order valence-corrected chi connectivity index (χ4v) is 4.13. The van der Waals surface area contributed by atoms with E-state index in [9.17, 15) is 9.90 Å². The molecule has 0 bridgehead atoms. The number of carbonyl (C=O) groups excluding carboxylic acids is 1. The molecule has 2 aliphatic rings. The highest BCUT2D eigenvalue weighted by Crippen LogP contribution is 2.45. The minimum Gasteiger partial charge on any atom is -0.465 e. The summed E-state index contributed by atoms with van der Waals surface area (Å²) in [7, 11) is 1.40. The summed E-state index contributed by atoms with van der Waals surface area (Å²) >= 11 is 0. The van der Waals surface area contributed by atoms with Crippen LogP contribution >= 0.6 is 0 Å². The summed E-state index contributed by atoms with van der Waals surface area (Å²) in [5.41, 5.74) is 4.83. The number of carbonyl (C=O) groups is 1. The molecule has 5 nitrogen and oxygen atoms in total. The van der Waals surface area contributed by atoms with E-state index in [0.29, 0.717) is 31.6 Å². The quantitative estimate of drug-likeness (QED) is 0.832. The number of aliphatic hydroxyl groups is 1. The van der Waals surface area contributed by atoms with Crippen molar-refractivity contribution in [1.29, 1.82) is 0 Å². The molecule has 0 amide bonds. The summed E-state index contributed by atoms with van der Waals surface area (Å²) in [5, 5.41) is 11.0. The first-order valence-electron chi connectivity index (χ1n) is 9.35. The minimum absolute atomic E-state index is 0.0260. The van der Waals surface area contributed by atoms with Crippen LogP contribution in [0.3, 0.4) is 0 Å². The Labute approximate surface area is 155 Å². The number of aliphatic hydroxyl groups excluding tert-OH is 1. The maximum absolute atomic E-state index is 12.7. The summed E-state index contributed by atoms with van der Waals surface area (Å²) in [6, 6.07) is 0. The van der Waals surface area contributed by atoms with Crippen LogP contribution in [0.15, 0.2) is 6.08 Å². The predicted molar refractivity (Wildman–Crippen MR) is 100 cm³/mol. The summed E-state index contributed by atoms with van der Waals surface area (Å²) < 4.78 is 10.6. The van der Waals surface area contributed by atoms with Gasteiger partial charge >= 0.3 is 5.97 Å². The van der Waals surface area contributed by atoms with Gasteiger partial charge in [0.15, 0.2) is 0 Å². The van der Waals surface area contributed by atoms with Crippen LogP contribution in [0.5, 0.6) is 0 Å². The molecule has 0 radical (unpaired) electrons. The lowest BCUT2D eigenvalue weighted by Gasteiger charge is -2.37. The number of ether oxygens (including phenoxy) is 2. The fourth-order valence-electron chi connectivity index (χ4n) is 4.13. The fraction of sp³-hybridized carbons (Fsp3) is 0.619. The van der Waals surface area contributed by atoms with Crippen molar-refractivity contribution in [3.63, 3.8) is 0 Å². The Bertz CT molecular complexity index is 749. The lowest BCUT2D eigenvalue weighted by Crippen LogP contribution is -2.30. The molecule has 0 saturated carbocycles. The van der Waals surface area contributed by atoms with Gasteiger partial charge < -0.3 is 14.6 Å². The van der Waals surface area contributed by atoms with E-state index in [2.05, 4.69) is 13.8 Å². The molecule has 1 atom stereocenters. The van der Waals surface area contributed by atoms with Crippen molar-refractivity contribution in [2.24, 2.45) is 5.41 Å². The molecular formula is C21H29NO4. The number of nitrogens with zero attached hydrogens (tertiary/aromatic N) is 1. The molecule has 0 saturated heterocycles. The van der Waals surface area contributed by atoms with Crippen molar-refractivity contribution in [3.8, 4) is 0 Å². The average molecular weight is 359 g/mol. The van der Waals surface area contributed by atoms with E-state index in [1.54, 1.807) is 0 Å². The number of rotatable bonds is 3. The van der Waals surface area contributed by atoms with Crippen molar-refractivity contribution in [2.75, 3.05) is 20.3 Å². The molecule has 0 spiro atoms. The second kappa shape index (κ2) is 7.12. The standard InChI is InChI=1S/C21H29NO4/c1-12(2)19-18(20(24)25-5)16(13-6-8-26-9-7-13)17-14(22-19)10-21(3,4)11-15(17)23/h6,12,15,23H,7-11H2,1-5H3/t15-/m0/s1. The van der Waals surface area contributed by atoms with E-state index in [1.165, 1.54) is 7.11 Å². The second-order valence-electron chi connectivity index (χ2n) is 8.37. The number of pyridine rings is 1. The van der Waals surface area contributed by atoms with Gasteiger partial charge in [0.1, 0.15) is 0 Å². The Kier molecular flexibility index (Phi) is 5.22. The van der Waals surface area contributed by atoms with Crippen LogP contribution in [0.25, 0.3) is 5.57 Å². The van der Waals surface area contributed by atoms with Gasteiger partial charge in [-0.3, -0.25) is 4.98 Å². The number of methoxy groups -OCH3 is 1. The molecule has 0 aromatic carbocycles. The zero-order chi connectivity index (χ0) is 19.1. The molecular weight excluding hydrogens is 330 g/mol. The molecule has 5 heteroatoms. The van der Waals surface area contributed by atoms with Crippen LogP contribution in [0, 0.1) is 5.41 Å². The van der Waals surface area contributed by atoms with E-state index < -0.39 is 6.10 Å². The summed E-state index contributed by atoms with van der Waals surface area (Å²) in [6.45, 7) is 9.50. The Morgan fingerprint density at radius 2 is 2.15 bits per heavy atom. The van der Waals surface area contributed by atoms with Gasteiger partial charge in [0.25, 0.3) is 0 Å². The summed E-state index contributed by atoms with van der Waals surface area (Å²) in [4.78, 5) is 17.6. The first-order valence-corrected chi connectivity index (χ1v) is 9.35. The van der Waals surface area contributed by atoms with Gasteiger partial charge in [-0.05, 0) is 36.2 Å². The van der Waals surface area contributed by atoms with Crippen LogP contribution in [-0.2, 0) is 15.9 Å². The molecule has 2 heterocycles. The van der Waals surface area contributed by atoms with E-state index in [4.69, 9.17) is 14.5 Å². The van der Waals surface area contributed by atoms with Gasteiger partial charge in [-0.1, -0.05) is 33.8 Å². The SMILES string of the molecule is COC(=O)c1c(C(C)C)nc2c(c1C1=CCOCC1)[C@@H](O)CC(C)(C)C2. The smallest absolute Gasteiger partial charge is 0.340 e. The van der Waals surface area contributed by atoms with Crippen molar-refractivity contribution >= 4 is 11.5 Å². The molecule has 0 unspecified atom stereocenters. The van der Waals surface area contributed by atoms with Gasteiger partial charge in [-0.25, -0.2) is 4.79 Å². The van der Waals surface area contributed by atoms with Gasteiger partial charge in [0.2, 0.25) is 0 Å². The van der Waals surface area contributed by atoms with Gasteiger partial charge in [0, 0.05) is 16.8 Å². The van der Waals surface area contributed by atoms with Gasteiger partial charge in [0.05, 0.1) is 37.7 Å². The van der Waals surface area contributed by atoms with Gasteiger partial charge in [-0.2, -0.15) is 0 Å². The van der Waals surface area contributed by atoms with Crippen LogP contribution < -0.4 is 0 Å². The lowest BCUT2D eigenvalue weighted by atomic mass is 9.71. The monoisotopic (exact) mass is 359 g/mol. The van der Waals surface area contributed by atoms with Crippen LogP contribution in [0.4, 0.5) is 0 Å². The first kappa shape index (κ1) is 19.1. The highest BCUT2D eigenvalue weighted by Gasteiger charge is 2.38. The molecule has 142 valence electrons. The van der Waals surface area contributed by atoms with E-state index in [-0.39, 0.29) is 17.3 Å². The number of hydrogen-bond acceptors (Lipinski definition) is 5. The highest BCUT2D eigenvalue weighted by molar-refractivity contribution is 5.98. The predicted octanol–water partition coefficient (Wildman–Crippen LogP) is 3.80. The van der Waals surface area contributed by atoms with Crippen LogP contribution in [0.1, 0.15) is 85.4 Å². The molecule has 1 aliphatic heterocycles. The second-order valence-corrected chi connectivity index (χ2v) is 8.37. The molecule has 3 rings (SSSR count). The number of hydrogen-bond donors (Lipinski definition) is 1. The van der Waals surface area contributed by atoms with Gasteiger partial charge in [-0.15, -0.1) is 0 Å².